The lowest BCUT2D eigenvalue weighted by Gasteiger charge is -2.11. The Bertz CT molecular complexity index is 670. The molecule has 0 aliphatic heterocycles. The van der Waals surface area contributed by atoms with Gasteiger partial charge in [0.1, 0.15) is 0 Å². The fraction of sp³-hybridized carbons (Fsp3) is 0.0769. The number of hydrogen-bond donors (Lipinski definition) is 1. The molecule has 0 saturated carbocycles. The van der Waals surface area contributed by atoms with E-state index in [1.54, 1.807) is 36.4 Å². The second kappa shape index (κ2) is 7.03. The molecule has 0 atom stereocenters. The maximum absolute atomic E-state index is 12.5. The van der Waals surface area contributed by atoms with Gasteiger partial charge in [0.2, 0.25) is 0 Å². The Balaban J connectivity index is 2.26. The van der Waals surface area contributed by atoms with Gasteiger partial charge in [0.05, 0.1) is 14.2 Å². The topological polar surface area (TPSA) is 55.2 Å². The van der Waals surface area contributed by atoms with E-state index >= 15 is 0 Å². The highest BCUT2D eigenvalue weighted by molar-refractivity contribution is 14.1. The largest absolute Gasteiger partial charge is 0.355 e. The maximum Gasteiger partial charge on any atom is 0.288 e. The van der Waals surface area contributed by atoms with E-state index < -0.39 is 10.7 Å². The lowest BCUT2D eigenvalue weighted by Crippen LogP contribution is -1.96. The number of benzene rings is 2. The highest BCUT2D eigenvalue weighted by Gasteiger charge is 2.13. The van der Waals surface area contributed by atoms with Crippen molar-refractivity contribution in [1.29, 1.82) is 0 Å². The Morgan fingerprint density at radius 3 is 2.57 bits per heavy atom. The van der Waals surface area contributed by atoms with Crippen LogP contribution in [0.15, 0.2) is 47.4 Å². The maximum atomic E-state index is 12.5. The van der Waals surface area contributed by atoms with Gasteiger partial charge < -0.3 is 5.32 Å². The average Bonchev–Trinajstić information content (AvgIpc) is 2.40. The smallest absolute Gasteiger partial charge is 0.288 e. The summed E-state index contributed by atoms with van der Waals surface area (Å²) in [6.07, 6.45) is 0. The van der Waals surface area contributed by atoms with Gasteiger partial charge in [-0.1, -0.05) is 23.9 Å². The van der Waals surface area contributed by atoms with Gasteiger partial charge in [-0.25, -0.2) is 0 Å². The first-order valence-electron chi connectivity index (χ1n) is 5.72. The molecule has 0 heterocycles. The fourth-order valence-electron chi connectivity index (χ4n) is 1.66. The van der Waals surface area contributed by atoms with E-state index in [4.69, 9.17) is 0 Å². The summed E-state index contributed by atoms with van der Waals surface area (Å²) < 4.78 is 25.5. The molecule has 21 heavy (non-hydrogen) atoms. The molecular weight excluding hydrogens is 413 g/mol. The summed E-state index contributed by atoms with van der Waals surface area (Å²) in [6.45, 7) is 0. The van der Waals surface area contributed by atoms with Gasteiger partial charge in [0.15, 0.2) is 0 Å². The van der Waals surface area contributed by atoms with E-state index in [0.29, 0.717) is 31.6 Å². The van der Waals surface area contributed by atoms with Gasteiger partial charge >= 0.3 is 0 Å². The van der Waals surface area contributed by atoms with Crippen molar-refractivity contribution in [2.24, 2.45) is 0 Å². The Labute approximate surface area is 137 Å². The standard InChI is InChI=1S/C13H9F2IN2O2S/c14-13(15)21-12-4-2-1-3-10(12)17-8-5-6-11(18(19)20)9(16)7-8/h1-7,13,17H. The third-order valence-electron chi connectivity index (χ3n) is 2.53. The van der Waals surface area contributed by atoms with Crippen LogP contribution in [0.4, 0.5) is 25.8 Å². The Morgan fingerprint density at radius 2 is 1.95 bits per heavy atom. The van der Waals surface area contributed by atoms with Crippen molar-refractivity contribution >= 4 is 51.4 Å². The average molecular weight is 422 g/mol. The summed E-state index contributed by atoms with van der Waals surface area (Å²) in [7, 11) is 0. The second-order valence-electron chi connectivity index (χ2n) is 3.92. The molecule has 0 aromatic heterocycles. The molecular formula is C13H9F2IN2O2S. The Hall–Kier alpha value is -1.42. The Morgan fingerprint density at radius 1 is 1.24 bits per heavy atom. The zero-order chi connectivity index (χ0) is 15.4. The molecule has 0 aliphatic rings. The SMILES string of the molecule is O=[N+]([O-])c1ccc(Nc2ccccc2SC(F)F)cc1I. The van der Waals surface area contributed by atoms with Gasteiger partial charge in [-0.2, -0.15) is 8.78 Å². The van der Waals surface area contributed by atoms with Crippen LogP contribution in [0.25, 0.3) is 0 Å². The number of nitrogens with zero attached hydrogens (tertiary/aromatic N) is 1. The van der Waals surface area contributed by atoms with Crippen LogP contribution in [0, 0.1) is 13.7 Å². The van der Waals surface area contributed by atoms with Crippen LogP contribution in [0.2, 0.25) is 0 Å². The van der Waals surface area contributed by atoms with Crippen molar-refractivity contribution in [2.75, 3.05) is 5.32 Å². The molecule has 0 aliphatic carbocycles. The van der Waals surface area contributed by atoms with Crippen LogP contribution >= 0.6 is 34.4 Å². The number of halogens is 3. The second-order valence-corrected chi connectivity index (χ2v) is 6.12. The first-order chi connectivity index (χ1) is 9.97. The van der Waals surface area contributed by atoms with Crippen LogP contribution in [-0.4, -0.2) is 10.7 Å². The summed E-state index contributed by atoms with van der Waals surface area (Å²) in [5, 5.41) is 13.8. The van der Waals surface area contributed by atoms with E-state index in [-0.39, 0.29) is 5.69 Å². The number of hydrogen-bond acceptors (Lipinski definition) is 4. The number of nitrogens with one attached hydrogen (secondary N) is 1. The number of anilines is 2. The molecule has 0 unspecified atom stereocenters. The lowest BCUT2D eigenvalue weighted by atomic mass is 10.2. The number of nitro groups is 1. The minimum atomic E-state index is -2.51. The molecule has 2 aromatic rings. The first kappa shape index (κ1) is 16.0. The molecule has 4 nitrogen and oxygen atoms in total. The third-order valence-corrected chi connectivity index (χ3v) is 4.18. The highest BCUT2D eigenvalue weighted by Crippen LogP contribution is 2.34. The van der Waals surface area contributed by atoms with Crippen molar-refractivity contribution < 1.29 is 13.7 Å². The molecule has 0 bridgehead atoms. The molecule has 8 heteroatoms. The monoisotopic (exact) mass is 422 g/mol. The summed E-state index contributed by atoms with van der Waals surface area (Å²) in [5.74, 6) is -2.51. The van der Waals surface area contributed by atoms with Crippen LogP contribution in [0.3, 0.4) is 0 Å². The molecule has 2 aromatic carbocycles. The van der Waals surface area contributed by atoms with Crippen molar-refractivity contribution in [1.82, 2.24) is 0 Å². The van der Waals surface area contributed by atoms with Crippen LogP contribution in [0.1, 0.15) is 0 Å². The van der Waals surface area contributed by atoms with E-state index in [2.05, 4.69) is 5.32 Å². The van der Waals surface area contributed by atoms with Crippen LogP contribution in [0.5, 0.6) is 0 Å². The molecule has 0 radical (unpaired) electrons. The zero-order valence-electron chi connectivity index (χ0n) is 10.4. The normalized spacial score (nSPS) is 10.7. The number of para-hydroxylation sites is 1. The molecule has 0 amide bonds. The minimum absolute atomic E-state index is 0.0105. The number of nitro benzene ring substituents is 1. The van der Waals surface area contributed by atoms with Gasteiger partial charge in [-0.15, -0.1) is 0 Å². The predicted octanol–water partition coefficient (Wildman–Crippen LogP) is 5.26. The minimum Gasteiger partial charge on any atom is -0.355 e. The summed E-state index contributed by atoms with van der Waals surface area (Å²) >= 11 is 2.32. The fourth-order valence-corrected chi connectivity index (χ4v) is 2.96. The number of thioether (sulfide) groups is 1. The summed E-state index contributed by atoms with van der Waals surface area (Å²) in [6, 6.07) is 11.2. The van der Waals surface area contributed by atoms with Gasteiger partial charge in [-0.05, 0) is 46.9 Å². The summed E-state index contributed by atoms with van der Waals surface area (Å²) in [4.78, 5) is 10.7. The number of alkyl halides is 2. The van der Waals surface area contributed by atoms with E-state index in [1.807, 2.05) is 22.6 Å². The molecule has 0 saturated heterocycles. The van der Waals surface area contributed by atoms with E-state index in [0.717, 1.165) is 0 Å². The van der Waals surface area contributed by atoms with Crippen molar-refractivity contribution in [2.45, 2.75) is 10.7 Å². The van der Waals surface area contributed by atoms with Gasteiger partial charge in [0.25, 0.3) is 11.4 Å². The van der Waals surface area contributed by atoms with E-state index in [9.17, 15) is 18.9 Å². The third kappa shape index (κ3) is 4.27. The van der Waals surface area contributed by atoms with Crippen molar-refractivity contribution in [3.63, 3.8) is 0 Å². The molecule has 0 fully saturated rings. The first-order valence-corrected chi connectivity index (χ1v) is 7.68. The van der Waals surface area contributed by atoms with Crippen LogP contribution in [-0.2, 0) is 0 Å². The molecule has 110 valence electrons. The molecule has 0 spiro atoms. The van der Waals surface area contributed by atoms with Crippen LogP contribution < -0.4 is 5.32 Å². The van der Waals surface area contributed by atoms with Crippen molar-refractivity contribution in [3.8, 4) is 0 Å². The molecule has 2 rings (SSSR count). The zero-order valence-corrected chi connectivity index (χ0v) is 13.4. The van der Waals surface area contributed by atoms with E-state index in [1.165, 1.54) is 6.07 Å². The number of rotatable bonds is 5. The lowest BCUT2D eigenvalue weighted by molar-refractivity contribution is -0.385. The van der Waals surface area contributed by atoms with Gasteiger partial charge in [-0.3, -0.25) is 10.1 Å². The molecule has 1 N–H and O–H groups in total. The highest BCUT2D eigenvalue weighted by atomic mass is 127. The summed E-state index contributed by atoms with van der Waals surface area (Å²) in [5.41, 5.74) is 1.15. The Kier molecular flexibility index (Phi) is 5.34. The quantitative estimate of drug-likeness (QED) is 0.309. The predicted molar refractivity (Wildman–Crippen MR) is 87.4 cm³/mol. The van der Waals surface area contributed by atoms with Gasteiger partial charge in [0, 0.05) is 16.6 Å². The van der Waals surface area contributed by atoms with Crippen molar-refractivity contribution in [3.05, 3.63) is 56.1 Å².